The third kappa shape index (κ3) is 2.91. The van der Waals surface area contributed by atoms with E-state index >= 15 is 0 Å². The van der Waals surface area contributed by atoms with Gasteiger partial charge < -0.3 is 5.11 Å². The maximum atomic E-state index is 12.4. The Bertz CT molecular complexity index is 776. The van der Waals surface area contributed by atoms with Gasteiger partial charge in [-0.05, 0) is 28.7 Å². The van der Waals surface area contributed by atoms with Crippen molar-refractivity contribution in [2.45, 2.75) is 38.5 Å². The number of aliphatic hydroxyl groups excluding tert-OH is 1. The molecule has 2 aromatic rings. The zero-order valence-corrected chi connectivity index (χ0v) is 13.2. The van der Waals surface area contributed by atoms with Gasteiger partial charge in [0.25, 0.3) is 0 Å². The molecule has 3 rings (SSSR count). The normalized spacial score (nSPS) is 18.5. The van der Waals surface area contributed by atoms with Crippen LogP contribution in [-0.4, -0.2) is 16.7 Å². The van der Waals surface area contributed by atoms with Crippen LogP contribution in [-0.2, 0) is 9.59 Å². The minimum atomic E-state index is -0.231. The summed E-state index contributed by atoms with van der Waals surface area (Å²) in [5.74, 6) is -0.617. The van der Waals surface area contributed by atoms with Gasteiger partial charge in [-0.25, -0.2) is 0 Å². The van der Waals surface area contributed by atoms with Gasteiger partial charge >= 0.3 is 0 Å². The fraction of sp³-hybridized carbons (Fsp3) is 0.300. The van der Waals surface area contributed by atoms with Crippen molar-refractivity contribution in [2.24, 2.45) is 0 Å². The van der Waals surface area contributed by atoms with Crippen LogP contribution in [0.2, 0.25) is 0 Å². The molecule has 2 aromatic carbocycles. The van der Waals surface area contributed by atoms with Gasteiger partial charge in [0.1, 0.15) is 5.76 Å². The quantitative estimate of drug-likeness (QED) is 0.517. The maximum absolute atomic E-state index is 12.4. The fourth-order valence-electron chi connectivity index (χ4n) is 3.39. The molecule has 0 spiro atoms. The second kappa shape index (κ2) is 6.37. The number of Topliss-reactive ketones (excluding diaryl/α,β-unsaturated/α-hetero) is 2. The van der Waals surface area contributed by atoms with Gasteiger partial charge in [-0.15, -0.1) is 0 Å². The van der Waals surface area contributed by atoms with Crippen LogP contribution in [0.5, 0.6) is 0 Å². The molecular weight excluding hydrogens is 288 g/mol. The molecule has 1 N–H and O–H groups in total. The number of ketones is 2. The molecule has 3 nitrogen and oxygen atoms in total. The Labute approximate surface area is 135 Å². The van der Waals surface area contributed by atoms with E-state index in [0.717, 1.165) is 16.3 Å². The van der Waals surface area contributed by atoms with E-state index in [0.29, 0.717) is 12.8 Å². The Morgan fingerprint density at radius 2 is 1.70 bits per heavy atom. The molecule has 0 bridgehead atoms. The van der Waals surface area contributed by atoms with Crippen LogP contribution in [0.4, 0.5) is 0 Å². The first kappa shape index (κ1) is 15.5. The molecule has 0 aliphatic heterocycles. The van der Waals surface area contributed by atoms with E-state index in [1.54, 1.807) is 0 Å². The lowest BCUT2D eigenvalue weighted by molar-refractivity contribution is -0.124. The van der Waals surface area contributed by atoms with Crippen LogP contribution >= 0.6 is 0 Å². The predicted molar refractivity (Wildman–Crippen MR) is 90.5 cm³/mol. The highest BCUT2D eigenvalue weighted by Gasteiger charge is 2.34. The molecule has 0 atom stereocenters. The van der Waals surface area contributed by atoms with Crippen molar-refractivity contribution in [2.75, 3.05) is 0 Å². The molecule has 0 saturated heterocycles. The summed E-state index contributed by atoms with van der Waals surface area (Å²) in [6.07, 6.45) is 1.65. The summed E-state index contributed by atoms with van der Waals surface area (Å²) in [5, 5.41) is 12.2. The molecule has 0 unspecified atom stereocenters. The molecule has 0 heterocycles. The number of hydrogen-bond donors (Lipinski definition) is 1. The Kier molecular flexibility index (Phi) is 4.28. The minimum absolute atomic E-state index is 0.0309. The van der Waals surface area contributed by atoms with Gasteiger partial charge in [0.2, 0.25) is 0 Å². The molecule has 118 valence electrons. The molecular formula is C20H20O3. The monoisotopic (exact) mass is 308 g/mol. The van der Waals surface area contributed by atoms with E-state index in [1.165, 1.54) is 0 Å². The fourth-order valence-corrected chi connectivity index (χ4v) is 3.39. The van der Waals surface area contributed by atoms with Crippen molar-refractivity contribution >= 4 is 22.3 Å². The summed E-state index contributed by atoms with van der Waals surface area (Å²) >= 11 is 0. The van der Waals surface area contributed by atoms with E-state index in [2.05, 4.69) is 0 Å². The van der Waals surface area contributed by atoms with Gasteiger partial charge in [-0.1, -0.05) is 49.4 Å². The van der Waals surface area contributed by atoms with Crippen molar-refractivity contribution in [3.05, 3.63) is 59.4 Å². The van der Waals surface area contributed by atoms with Crippen molar-refractivity contribution in [1.29, 1.82) is 0 Å². The third-order valence-corrected chi connectivity index (χ3v) is 4.46. The van der Waals surface area contributed by atoms with Gasteiger partial charge in [0.15, 0.2) is 11.6 Å². The van der Waals surface area contributed by atoms with Gasteiger partial charge in [-0.2, -0.15) is 0 Å². The first-order chi connectivity index (χ1) is 11.1. The standard InChI is InChI=1S/C20H20O3/c1-2-6-17(21)20-18(22)11-14(12-19(20)23)16-10-5-8-13-7-3-4-9-15(13)16/h3-5,7-10,14,21H,2,6,11-12H2,1H3. The molecule has 1 aliphatic carbocycles. The second-order valence-electron chi connectivity index (χ2n) is 6.09. The average molecular weight is 308 g/mol. The molecule has 23 heavy (non-hydrogen) atoms. The first-order valence-electron chi connectivity index (χ1n) is 8.08. The summed E-state index contributed by atoms with van der Waals surface area (Å²) < 4.78 is 0. The minimum Gasteiger partial charge on any atom is -0.511 e. The molecule has 0 amide bonds. The van der Waals surface area contributed by atoms with E-state index in [1.807, 2.05) is 49.4 Å². The SMILES string of the molecule is CCCC(O)=C1C(=O)CC(c2cccc3ccccc23)CC1=O. The predicted octanol–water partition coefficient (Wildman–Crippen LogP) is 4.47. The first-order valence-corrected chi connectivity index (χ1v) is 8.08. The zero-order valence-electron chi connectivity index (χ0n) is 13.2. The van der Waals surface area contributed by atoms with Crippen LogP contribution in [0.3, 0.4) is 0 Å². The van der Waals surface area contributed by atoms with Crippen molar-refractivity contribution in [1.82, 2.24) is 0 Å². The zero-order chi connectivity index (χ0) is 16.4. The number of aliphatic hydroxyl groups is 1. The molecule has 0 aromatic heterocycles. The van der Waals surface area contributed by atoms with Crippen molar-refractivity contribution < 1.29 is 14.7 Å². The lowest BCUT2D eigenvalue weighted by Gasteiger charge is -2.24. The van der Waals surface area contributed by atoms with E-state index in [4.69, 9.17) is 0 Å². The lowest BCUT2D eigenvalue weighted by Crippen LogP contribution is -2.26. The number of carbonyl (C=O) groups is 2. The Balaban J connectivity index is 1.97. The van der Waals surface area contributed by atoms with Crippen molar-refractivity contribution in [3.8, 4) is 0 Å². The highest BCUT2D eigenvalue weighted by molar-refractivity contribution is 6.22. The van der Waals surface area contributed by atoms with Crippen LogP contribution in [0.25, 0.3) is 10.8 Å². The topological polar surface area (TPSA) is 54.4 Å². The smallest absolute Gasteiger partial charge is 0.170 e. The third-order valence-electron chi connectivity index (χ3n) is 4.46. The summed E-state index contributed by atoms with van der Waals surface area (Å²) in [5.41, 5.74) is 1.07. The van der Waals surface area contributed by atoms with Gasteiger partial charge in [0.05, 0.1) is 5.57 Å². The lowest BCUT2D eigenvalue weighted by atomic mass is 9.78. The molecule has 1 saturated carbocycles. The molecule has 1 aliphatic rings. The average Bonchev–Trinajstić information content (AvgIpc) is 2.54. The van der Waals surface area contributed by atoms with Crippen LogP contribution in [0, 0.1) is 0 Å². The number of benzene rings is 2. The maximum Gasteiger partial charge on any atom is 0.170 e. The summed E-state index contributed by atoms with van der Waals surface area (Å²) in [4.78, 5) is 24.8. The van der Waals surface area contributed by atoms with Crippen molar-refractivity contribution in [3.63, 3.8) is 0 Å². The van der Waals surface area contributed by atoms with E-state index < -0.39 is 0 Å². The molecule has 0 radical (unpaired) electrons. The van der Waals surface area contributed by atoms with Crippen LogP contribution < -0.4 is 0 Å². The highest BCUT2D eigenvalue weighted by atomic mass is 16.3. The summed E-state index contributed by atoms with van der Waals surface area (Å²) in [6, 6.07) is 14.0. The second-order valence-corrected chi connectivity index (χ2v) is 6.09. The highest BCUT2D eigenvalue weighted by Crippen LogP contribution is 2.36. The largest absolute Gasteiger partial charge is 0.511 e. The Morgan fingerprint density at radius 3 is 2.39 bits per heavy atom. The van der Waals surface area contributed by atoms with E-state index in [9.17, 15) is 14.7 Å². The summed E-state index contributed by atoms with van der Waals surface area (Å²) in [7, 11) is 0. The number of carbonyl (C=O) groups excluding carboxylic acids is 2. The van der Waals surface area contributed by atoms with Gasteiger partial charge in [-0.3, -0.25) is 9.59 Å². The molecule has 3 heteroatoms. The molecule has 1 fully saturated rings. The number of fused-ring (bicyclic) bond motifs is 1. The number of allylic oxidation sites excluding steroid dienone is 2. The Morgan fingerprint density at radius 1 is 1.04 bits per heavy atom. The van der Waals surface area contributed by atoms with Crippen LogP contribution in [0.15, 0.2) is 53.8 Å². The van der Waals surface area contributed by atoms with Crippen LogP contribution in [0.1, 0.15) is 44.1 Å². The van der Waals surface area contributed by atoms with E-state index in [-0.39, 0.29) is 41.7 Å². The van der Waals surface area contributed by atoms with Gasteiger partial charge in [0, 0.05) is 19.3 Å². The number of hydrogen-bond acceptors (Lipinski definition) is 3. The Hall–Kier alpha value is -2.42. The number of rotatable bonds is 3. The summed E-state index contributed by atoms with van der Waals surface area (Å²) in [6.45, 7) is 1.91.